The Balaban J connectivity index is 1.87. The van der Waals surface area contributed by atoms with Crippen molar-refractivity contribution in [3.8, 4) is 11.5 Å². The highest BCUT2D eigenvalue weighted by atomic mass is 16.5. The van der Waals surface area contributed by atoms with E-state index >= 15 is 0 Å². The van der Waals surface area contributed by atoms with Gasteiger partial charge in [-0.05, 0) is 24.3 Å². The van der Waals surface area contributed by atoms with Crippen LogP contribution in [-0.4, -0.2) is 14.7 Å². The lowest BCUT2D eigenvalue weighted by atomic mass is 10.3. The van der Waals surface area contributed by atoms with Gasteiger partial charge < -0.3 is 14.4 Å². The fourth-order valence-electron chi connectivity index (χ4n) is 2.03. The van der Waals surface area contributed by atoms with Crippen LogP contribution >= 0.6 is 0 Å². The summed E-state index contributed by atoms with van der Waals surface area (Å²) in [6, 6.07) is 14.8. The van der Waals surface area contributed by atoms with Crippen LogP contribution in [0.25, 0.3) is 11.0 Å². The van der Waals surface area contributed by atoms with E-state index in [1.54, 1.807) is 12.1 Å². The number of benzene rings is 2. The van der Waals surface area contributed by atoms with Gasteiger partial charge in [-0.15, -0.1) is 0 Å². The zero-order chi connectivity index (χ0) is 13.2. The molecule has 4 nitrogen and oxygen atoms in total. The first-order valence-electron chi connectivity index (χ1n) is 6.06. The molecule has 0 aliphatic heterocycles. The Bertz CT molecular complexity index is 705. The normalized spacial score (nSPS) is 10.8. The van der Waals surface area contributed by atoms with Gasteiger partial charge in [-0.2, -0.15) is 0 Å². The van der Waals surface area contributed by atoms with Gasteiger partial charge in [-0.1, -0.05) is 18.2 Å². The maximum atomic E-state index is 9.46. The molecule has 0 aliphatic carbocycles. The smallest absolute Gasteiger partial charge is 0.147 e. The van der Waals surface area contributed by atoms with E-state index in [9.17, 15) is 5.11 Å². The van der Waals surface area contributed by atoms with Crippen molar-refractivity contribution in [2.45, 2.75) is 6.61 Å². The molecule has 3 rings (SSSR count). The zero-order valence-electron chi connectivity index (χ0n) is 10.6. The maximum Gasteiger partial charge on any atom is 0.147 e. The Labute approximate surface area is 110 Å². The molecule has 0 bridgehead atoms. The SMILES string of the molecule is Cn1c(COc2ccccc2)nc2cc(O)ccc21. The summed E-state index contributed by atoms with van der Waals surface area (Å²) < 4.78 is 7.66. The van der Waals surface area contributed by atoms with E-state index < -0.39 is 0 Å². The van der Waals surface area contributed by atoms with Crippen molar-refractivity contribution in [2.24, 2.45) is 7.05 Å². The van der Waals surface area contributed by atoms with Gasteiger partial charge in [-0.3, -0.25) is 0 Å². The number of imidazole rings is 1. The summed E-state index contributed by atoms with van der Waals surface area (Å²) in [5.41, 5.74) is 1.75. The second-order valence-electron chi connectivity index (χ2n) is 4.36. The molecule has 0 spiro atoms. The van der Waals surface area contributed by atoms with E-state index in [4.69, 9.17) is 4.74 Å². The summed E-state index contributed by atoms with van der Waals surface area (Å²) >= 11 is 0. The van der Waals surface area contributed by atoms with Crippen LogP contribution in [0.2, 0.25) is 0 Å². The summed E-state index contributed by atoms with van der Waals surface area (Å²) in [5, 5.41) is 9.46. The third-order valence-electron chi connectivity index (χ3n) is 3.07. The van der Waals surface area contributed by atoms with E-state index in [1.807, 2.05) is 48.0 Å². The molecule has 0 saturated heterocycles. The van der Waals surface area contributed by atoms with Crippen LogP contribution in [-0.2, 0) is 13.7 Å². The maximum absolute atomic E-state index is 9.46. The number of nitrogens with zero attached hydrogens (tertiary/aromatic N) is 2. The molecule has 96 valence electrons. The lowest BCUT2D eigenvalue weighted by Gasteiger charge is -2.05. The monoisotopic (exact) mass is 254 g/mol. The lowest BCUT2D eigenvalue weighted by molar-refractivity contribution is 0.292. The van der Waals surface area contributed by atoms with E-state index in [2.05, 4.69) is 4.98 Å². The Kier molecular flexibility index (Phi) is 2.83. The fraction of sp³-hybridized carbons (Fsp3) is 0.133. The predicted molar refractivity (Wildman–Crippen MR) is 73.2 cm³/mol. The number of phenols is 1. The molecular formula is C15H14N2O2. The number of aryl methyl sites for hydroxylation is 1. The average Bonchev–Trinajstić information content (AvgIpc) is 2.74. The van der Waals surface area contributed by atoms with Crippen molar-refractivity contribution < 1.29 is 9.84 Å². The molecule has 1 N–H and O–H groups in total. The first kappa shape index (κ1) is 11.6. The van der Waals surface area contributed by atoms with E-state index in [-0.39, 0.29) is 5.75 Å². The van der Waals surface area contributed by atoms with Crippen LogP contribution in [0.1, 0.15) is 5.82 Å². The fourth-order valence-corrected chi connectivity index (χ4v) is 2.03. The van der Waals surface area contributed by atoms with Crippen LogP contribution in [0.5, 0.6) is 11.5 Å². The first-order chi connectivity index (χ1) is 9.24. The minimum absolute atomic E-state index is 0.223. The number of aromatic nitrogens is 2. The van der Waals surface area contributed by atoms with Crippen molar-refractivity contribution in [1.29, 1.82) is 0 Å². The van der Waals surface area contributed by atoms with Gasteiger partial charge in [0.25, 0.3) is 0 Å². The number of para-hydroxylation sites is 1. The largest absolute Gasteiger partial charge is 0.508 e. The van der Waals surface area contributed by atoms with E-state index in [0.717, 1.165) is 22.6 Å². The van der Waals surface area contributed by atoms with Gasteiger partial charge in [0, 0.05) is 13.1 Å². The highest BCUT2D eigenvalue weighted by Crippen LogP contribution is 2.21. The molecule has 0 atom stereocenters. The second-order valence-corrected chi connectivity index (χ2v) is 4.36. The number of hydrogen-bond acceptors (Lipinski definition) is 3. The highest BCUT2D eigenvalue weighted by Gasteiger charge is 2.08. The van der Waals surface area contributed by atoms with Crippen LogP contribution in [0.3, 0.4) is 0 Å². The Morgan fingerprint density at radius 1 is 1.16 bits per heavy atom. The minimum Gasteiger partial charge on any atom is -0.508 e. The quantitative estimate of drug-likeness (QED) is 0.781. The Hall–Kier alpha value is -2.49. The molecule has 1 heterocycles. The molecular weight excluding hydrogens is 240 g/mol. The molecule has 3 aromatic rings. The number of fused-ring (bicyclic) bond motifs is 1. The van der Waals surface area contributed by atoms with Gasteiger partial charge >= 0.3 is 0 Å². The molecule has 0 fully saturated rings. The first-order valence-corrected chi connectivity index (χ1v) is 6.06. The van der Waals surface area contributed by atoms with Crippen LogP contribution in [0.15, 0.2) is 48.5 Å². The van der Waals surface area contributed by atoms with Crippen LogP contribution in [0.4, 0.5) is 0 Å². The number of ether oxygens (including phenoxy) is 1. The van der Waals surface area contributed by atoms with Gasteiger partial charge in [0.1, 0.15) is 23.9 Å². The molecule has 0 saturated carbocycles. The van der Waals surface area contributed by atoms with Crippen molar-refractivity contribution in [1.82, 2.24) is 9.55 Å². The molecule has 1 aromatic heterocycles. The molecule has 0 unspecified atom stereocenters. The number of hydrogen-bond donors (Lipinski definition) is 1. The van der Waals surface area contributed by atoms with E-state index in [1.165, 1.54) is 0 Å². The Morgan fingerprint density at radius 3 is 2.74 bits per heavy atom. The minimum atomic E-state index is 0.223. The molecule has 0 aliphatic rings. The number of aromatic hydroxyl groups is 1. The third kappa shape index (κ3) is 2.25. The number of phenolic OH excluding ortho intramolecular Hbond substituents is 1. The second kappa shape index (κ2) is 4.65. The average molecular weight is 254 g/mol. The van der Waals surface area contributed by atoms with Crippen molar-refractivity contribution in [3.05, 3.63) is 54.4 Å². The molecule has 0 amide bonds. The van der Waals surface area contributed by atoms with Gasteiger partial charge in [0.05, 0.1) is 11.0 Å². The van der Waals surface area contributed by atoms with Crippen molar-refractivity contribution in [2.75, 3.05) is 0 Å². The summed E-state index contributed by atoms with van der Waals surface area (Å²) in [6.07, 6.45) is 0. The summed E-state index contributed by atoms with van der Waals surface area (Å²) in [7, 11) is 1.94. The van der Waals surface area contributed by atoms with Crippen LogP contribution < -0.4 is 4.74 Å². The summed E-state index contributed by atoms with van der Waals surface area (Å²) in [6.45, 7) is 0.399. The topological polar surface area (TPSA) is 47.3 Å². The highest BCUT2D eigenvalue weighted by molar-refractivity contribution is 5.77. The standard InChI is InChI=1S/C15H14N2O2/c1-17-14-8-7-11(18)9-13(14)16-15(17)10-19-12-5-3-2-4-6-12/h2-9,18H,10H2,1H3. The third-order valence-corrected chi connectivity index (χ3v) is 3.07. The molecule has 2 aromatic carbocycles. The summed E-state index contributed by atoms with van der Waals surface area (Å²) in [5.74, 6) is 1.86. The molecule has 19 heavy (non-hydrogen) atoms. The van der Waals surface area contributed by atoms with Crippen molar-refractivity contribution in [3.63, 3.8) is 0 Å². The van der Waals surface area contributed by atoms with Crippen LogP contribution in [0, 0.1) is 0 Å². The van der Waals surface area contributed by atoms with Crippen molar-refractivity contribution >= 4 is 11.0 Å². The van der Waals surface area contributed by atoms with Gasteiger partial charge in [-0.25, -0.2) is 4.98 Å². The number of rotatable bonds is 3. The van der Waals surface area contributed by atoms with Gasteiger partial charge in [0.2, 0.25) is 0 Å². The Morgan fingerprint density at radius 2 is 1.95 bits per heavy atom. The van der Waals surface area contributed by atoms with E-state index in [0.29, 0.717) is 6.61 Å². The molecule has 4 heteroatoms. The summed E-state index contributed by atoms with van der Waals surface area (Å²) in [4.78, 5) is 4.47. The van der Waals surface area contributed by atoms with Gasteiger partial charge in [0.15, 0.2) is 0 Å². The predicted octanol–water partition coefficient (Wildman–Crippen LogP) is 2.86. The zero-order valence-corrected chi connectivity index (χ0v) is 10.6. The lowest BCUT2D eigenvalue weighted by Crippen LogP contribution is -2.03. The molecule has 0 radical (unpaired) electrons.